The van der Waals surface area contributed by atoms with Gasteiger partial charge in [0.2, 0.25) is 0 Å². The summed E-state index contributed by atoms with van der Waals surface area (Å²) in [6.45, 7) is 10.5. The Bertz CT molecular complexity index is 807. The van der Waals surface area contributed by atoms with Crippen LogP contribution in [0.3, 0.4) is 0 Å². The molecule has 30 heavy (non-hydrogen) atoms. The van der Waals surface area contributed by atoms with Crippen molar-refractivity contribution in [3.05, 3.63) is 71.7 Å². The fourth-order valence-corrected chi connectivity index (χ4v) is 3.39. The second-order valence-corrected chi connectivity index (χ2v) is 7.68. The first-order valence-corrected chi connectivity index (χ1v) is 10.3. The van der Waals surface area contributed by atoms with Crippen LogP contribution in [0.4, 0.5) is 0 Å². The van der Waals surface area contributed by atoms with E-state index in [2.05, 4.69) is 46.4 Å². The number of benzene rings is 1. The molecule has 0 saturated carbocycles. The number of hydrogen-bond donors (Lipinski definition) is 3. The molecule has 1 fully saturated rings. The summed E-state index contributed by atoms with van der Waals surface area (Å²) in [7, 11) is 0. The zero-order valence-electron chi connectivity index (χ0n) is 17.6. The van der Waals surface area contributed by atoms with E-state index in [1.54, 1.807) is 6.26 Å². The molecule has 0 radical (unpaired) electrons. The van der Waals surface area contributed by atoms with Gasteiger partial charge in [0.1, 0.15) is 5.76 Å². The van der Waals surface area contributed by atoms with Gasteiger partial charge in [0.05, 0.1) is 18.9 Å². The van der Waals surface area contributed by atoms with Gasteiger partial charge in [-0.2, -0.15) is 0 Å². The number of likely N-dealkylation sites (tertiary alicyclic amines) is 1. The summed E-state index contributed by atoms with van der Waals surface area (Å²) in [6, 6.07) is 12.3. The molecule has 1 saturated heterocycles. The zero-order chi connectivity index (χ0) is 20.5. The van der Waals surface area contributed by atoms with E-state index in [9.17, 15) is 5.11 Å². The molecule has 3 rings (SSSR count). The highest BCUT2D eigenvalue weighted by Gasteiger charge is 2.20. The molecular formula is C23H33IN4O2. The van der Waals surface area contributed by atoms with Crippen LogP contribution in [0.5, 0.6) is 0 Å². The molecule has 0 aliphatic carbocycles. The molecule has 1 unspecified atom stereocenters. The van der Waals surface area contributed by atoms with Crippen molar-refractivity contribution in [1.82, 2.24) is 15.5 Å². The summed E-state index contributed by atoms with van der Waals surface area (Å²) < 4.78 is 5.39. The van der Waals surface area contributed by atoms with Crippen LogP contribution in [0.1, 0.15) is 30.2 Å². The summed E-state index contributed by atoms with van der Waals surface area (Å²) in [4.78, 5) is 7.09. The highest BCUT2D eigenvalue weighted by molar-refractivity contribution is 14.0. The largest absolute Gasteiger partial charge is 0.469 e. The lowest BCUT2D eigenvalue weighted by atomic mass is 10.1. The lowest BCUT2D eigenvalue weighted by Crippen LogP contribution is -2.39. The van der Waals surface area contributed by atoms with E-state index in [1.165, 1.54) is 11.1 Å². The third-order valence-corrected chi connectivity index (χ3v) is 4.97. The fourth-order valence-electron chi connectivity index (χ4n) is 3.39. The Morgan fingerprint density at radius 1 is 1.23 bits per heavy atom. The van der Waals surface area contributed by atoms with E-state index < -0.39 is 0 Å². The number of furan rings is 1. The second kappa shape index (κ2) is 12.8. The molecule has 6 nitrogen and oxygen atoms in total. The first-order valence-electron chi connectivity index (χ1n) is 10.3. The van der Waals surface area contributed by atoms with Gasteiger partial charge in [-0.25, -0.2) is 4.99 Å². The molecule has 1 aromatic heterocycles. The maximum Gasteiger partial charge on any atom is 0.191 e. The van der Waals surface area contributed by atoms with Gasteiger partial charge in [-0.05, 0) is 36.6 Å². The normalized spacial score (nSPS) is 16.9. The van der Waals surface area contributed by atoms with Crippen LogP contribution in [0.25, 0.3) is 0 Å². The number of guanidine groups is 1. The highest BCUT2D eigenvalue weighted by Crippen LogP contribution is 2.17. The lowest BCUT2D eigenvalue weighted by Gasteiger charge is -2.17. The van der Waals surface area contributed by atoms with E-state index >= 15 is 0 Å². The number of halogens is 1. The number of nitrogens with zero attached hydrogens (tertiary/aromatic N) is 2. The van der Waals surface area contributed by atoms with E-state index in [0.717, 1.165) is 56.3 Å². The Morgan fingerprint density at radius 3 is 2.70 bits per heavy atom. The van der Waals surface area contributed by atoms with E-state index in [0.29, 0.717) is 13.1 Å². The molecule has 164 valence electrons. The number of hydrogen-bond acceptors (Lipinski definition) is 4. The molecule has 2 heterocycles. The van der Waals surface area contributed by atoms with Crippen molar-refractivity contribution in [1.29, 1.82) is 0 Å². The maximum atomic E-state index is 9.78. The van der Waals surface area contributed by atoms with Crippen molar-refractivity contribution in [2.45, 2.75) is 39.0 Å². The minimum absolute atomic E-state index is 0. The Labute approximate surface area is 196 Å². The summed E-state index contributed by atoms with van der Waals surface area (Å²) >= 11 is 0. The summed E-state index contributed by atoms with van der Waals surface area (Å²) in [5, 5.41) is 16.5. The molecule has 1 aliphatic heterocycles. The Morgan fingerprint density at radius 2 is 2.03 bits per heavy atom. The number of aliphatic hydroxyl groups excluding tert-OH is 1. The van der Waals surface area contributed by atoms with Crippen LogP contribution in [0.15, 0.2) is 64.2 Å². The van der Waals surface area contributed by atoms with Gasteiger partial charge in [-0.1, -0.05) is 36.4 Å². The average Bonchev–Trinajstić information content (AvgIpc) is 3.36. The van der Waals surface area contributed by atoms with Crippen LogP contribution >= 0.6 is 24.0 Å². The molecule has 1 aromatic carbocycles. The number of rotatable bonds is 9. The van der Waals surface area contributed by atoms with Crippen LogP contribution in [-0.2, 0) is 19.5 Å². The van der Waals surface area contributed by atoms with Crippen LogP contribution < -0.4 is 10.6 Å². The topological polar surface area (TPSA) is 73.0 Å². The van der Waals surface area contributed by atoms with E-state index in [1.807, 2.05) is 19.1 Å². The van der Waals surface area contributed by atoms with Gasteiger partial charge in [0.25, 0.3) is 0 Å². The van der Waals surface area contributed by atoms with Gasteiger partial charge >= 0.3 is 0 Å². The monoisotopic (exact) mass is 524 g/mol. The number of nitrogens with one attached hydrogen (secondary N) is 2. The van der Waals surface area contributed by atoms with Crippen molar-refractivity contribution in [2.75, 3.05) is 26.2 Å². The van der Waals surface area contributed by atoms with Gasteiger partial charge in [-0.15, -0.1) is 24.0 Å². The average molecular weight is 524 g/mol. The molecule has 0 spiro atoms. The minimum Gasteiger partial charge on any atom is -0.469 e. The zero-order valence-corrected chi connectivity index (χ0v) is 20.0. The van der Waals surface area contributed by atoms with Crippen molar-refractivity contribution in [2.24, 2.45) is 4.99 Å². The van der Waals surface area contributed by atoms with Gasteiger partial charge < -0.3 is 20.2 Å². The summed E-state index contributed by atoms with van der Waals surface area (Å²) in [5.41, 5.74) is 3.52. The predicted molar refractivity (Wildman–Crippen MR) is 132 cm³/mol. The van der Waals surface area contributed by atoms with Gasteiger partial charge in [-0.3, -0.25) is 4.90 Å². The number of aliphatic imine (C=N–C) groups is 1. The maximum absolute atomic E-state index is 9.78. The van der Waals surface area contributed by atoms with Gasteiger partial charge in [0, 0.05) is 39.1 Å². The Kier molecular flexibility index (Phi) is 10.4. The van der Waals surface area contributed by atoms with E-state index in [-0.39, 0.29) is 30.1 Å². The first kappa shape index (κ1) is 24.4. The summed E-state index contributed by atoms with van der Waals surface area (Å²) in [5.74, 6) is 1.72. The molecule has 2 aromatic rings. The second-order valence-electron chi connectivity index (χ2n) is 7.68. The fraction of sp³-hybridized carbons (Fsp3) is 0.435. The molecule has 0 bridgehead atoms. The smallest absolute Gasteiger partial charge is 0.191 e. The molecule has 0 amide bonds. The SMILES string of the molecule is C=C(C)CNC(=NCc1ccccc1CN1CCC(O)C1)NCCc1ccco1.I. The van der Waals surface area contributed by atoms with Crippen molar-refractivity contribution >= 4 is 29.9 Å². The van der Waals surface area contributed by atoms with Crippen LogP contribution in [0, 0.1) is 0 Å². The van der Waals surface area contributed by atoms with Gasteiger partial charge in [0.15, 0.2) is 5.96 Å². The van der Waals surface area contributed by atoms with Crippen molar-refractivity contribution in [3.8, 4) is 0 Å². The van der Waals surface area contributed by atoms with E-state index in [4.69, 9.17) is 9.41 Å². The van der Waals surface area contributed by atoms with Crippen LogP contribution in [0.2, 0.25) is 0 Å². The Hall–Kier alpha value is -1.84. The minimum atomic E-state index is -0.198. The van der Waals surface area contributed by atoms with Crippen LogP contribution in [-0.4, -0.2) is 48.2 Å². The quantitative estimate of drug-likeness (QED) is 0.203. The molecule has 7 heteroatoms. The molecule has 1 atom stereocenters. The standard InChI is InChI=1S/C23H32N4O2.HI/c1-18(2)14-25-23(24-11-9-22-8-5-13-29-22)26-15-19-6-3-4-7-20(19)16-27-12-10-21(28)17-27;/h3-8,13,21,28H,1,9-12,14-17H2,2H3,(H2,24,25,26);1H. The molecule has 3 N–H and O–H groups in total. The molecular weight excluding hydrogens is 491 g/mol. The lowest BCUT2D eigenvalue weighted by molar-refractivity contribution is 0.174. The highest BCUT2D eigenvalue weighted by atomic mass is 127. The number of aliphatic hydroxyl groups is 1. The number of β-amino-alcohol motifs (C(OH)–C–C–N with tert-alkyl or cyclic N) is 1. The summed E-state index contributed by atoms with van der Waals surface area (Å²) in [6.07, 6.45) is 3.15. The predicted octanol–water partition coefficient (Wildman–Crippen LogP) is 3.32. The van der Waals surface area contributed by atoms with Crippen molar-refractivity contribution < 1.29 is 9.52 Å². The third-order valence-electron chi connectivity index (χ3n) is 4.97. The molecule has 1 aliphatic rings. The Balaban J connectivity index is 0.00000320. The first-order chi connectivity index (χ1) is 14.1. The van der Waals surface area contributed by atoms with Crippen molar-refractivity contribution in [3.63, 3.8) is 0 Å². The third kappa shape index (κ3) is 8.12.